The van der Waals surface area contributed by atoms with E-state index in [9.17, 15) is 0 Å². The molecule has 0 amide bonds. The van der Waals surface area contributed by atoms with Crippen LogP contribution in [-0.2, 0) is 17.1 Å². The molecule has 7 aromatic rings. The molecule has 0 saturated heterocycles. The molecule has 0 fully saturated rings. The summed E-state index contributed by atoms with van der Waals surface area (Å²) in [5, 5.41) is 0. The largest absolute Gasteiger partial charge is 0.523 e. The van der Waals surface area contributed by atoms with Crippen molar-refractivity contribution in [2.75, 3.05) is 28.4 Å². The van der Waals surface area contributed by atoms with Gasteiger partial charge < -0.3 is 28.9 Å². The van der Waals surface area contributed by atoms with E-state index in [1.54, 1.807) is 28.4 Å². The van der Waals surface area contributed by atoms with Crippen LogP contribution in [0, 0.1) is 24.3 Å². The maximum absolute atomic E-state index is 4.86. The van der Waals surface area contributed by atoms with Gasteiger partial charge in [-0.2, -0.15) is 72.8 Å². The van der Waals surface area contributed by atoms with Crippen LogP contribution in [0.2, 0.25) is 0 Å². The first-order valence-corrected chi connectivity index (χ1v) is 17.6. The molecule has 8 nitrogen and oxygen atoms in total. The van der Waals surface area contributed by atoms with Crippen LogP contribution in [-0.4, -0.2) is 48.4 Å². The fraction of sp³-hybridized carbons (Fsp3) is 0.0833. The normalized spacial score (nSPS) is 10.2. The first kappa shape index (κ1) is 42.9. The average Bonchev–Trinajstić information content (AvgIpc) is 4.10. The number of hydrogen-bond donors (Lipinski definition) is 2. The van der Waals surface area contributed by atoms with Crippen molar-refractivity contribution in [1.29, 1.82) is 0 Å². The second-order valence-electron chi connectivity index (χ2n) is 11.6. The first-order valence-electron chi connectivity index (χ1n) is 17.6. The molecule has 293 valence electrons. The molecule has 0 saturated carbocycles. The minimum atomic E-state index is 0. The van der Waals surface area contributed by atoms with Gasteiger partial charge in [-0.25, -0.2) is 9.97 Å². The van der Waals surface area contributed by atoms with Crippen LogP contribution in [0.1, 0.15) is 22.8 Å². The Morgan fingerprint density at radius 3 is 0.895 bits per heavy atom. The number of para-hydroxylation sites is 4. The molecule has 5 heterocycles. The van der Waals surface area contributed by atoms with Gasteiger partial charge >= 0.3 is 0 Å². The first-order chi connectivity index (χ1) is 27.5. The van der Waals surface area contributed by atoms with E-state index in [1.165, 1.54) is 0 Å². The zero-order valence-electron chi connectivity index (χ0n) is 32.0. The molecule has 9 rings (SSSR count). The molecule has 2 N–H and O–H groups in total. The number of ether oxygens (including phenoxy) is 4. The number of nitrogens with zero attached hydrogens (tertiary/aromatic N) is 2. The minimum Gasteiger partial charge on any atom is -0.523 e. The van der Waals surface area contributed by atoms with Crippen molar-refractivity contribution < 1.29 is 36.0 Å². The third kappa shape index (κ3) is 15.1. The molecule has 0 atom stereocenters. The minimum absolute atomic E-state index is 0. The molecule has 0 aliphatic carbocycles. The van der Waals surface area contributed by atoms with Crippen LogP contribution >= 0.6 is 0 Å². The van der Waals surface area contributed by atoms with Crippen molar-refractivity contribution in [3.8, 4) is 23.0 Å². The summed E-state index contributed by atoms with van der Waals surface area (Å²) in [6.07, 6.45) is 8.05. The van der Waals surface area contributed by atoms with Crippen LogP contribution in [0.4, 0.5) is 0 Å². The van der Waals surface area contributed by atoms with Crippen molar-refractivity contribution in [1.82, 2.24) is 19.9 Å². The standard InChI is InChI=1S/C20H14N4.4C7H7O.Cu/c1-2-14-10-16-5-6-18(23-16)12-20-8-7-19(24-20)11-17-4-3-15(22-17)9-13(1)21-14;4*1-8-7-5-3-2-4-6-7;/h1-12,21-22H;4*2-5H,1H3;/q;4*-1;. The van der Waals surface area contributed by atoms with Crippen LogP contribution in [0.5, 0.6) is 23.0 Å². The SMILES string of the molecule is C1=Cc2cc3ccc(cc4ccc(cc5nc(cc1n2)C=C5)[nH]4)[nH]3.COc1[c-]cccc1.COc1[c-]cccc1.COc1[c-]cccc1.COc1[c-]cccc1.[Cu]. The molecular formula is C48H42CuN4O4-4. The van der Waals surface area contributed by atoms with Crippen molar-refractivity contribution in [2.45, 2.75) is 0 Å². The monoisotopic (exact) mass is 801 g/mol. The molecule has 4 aromatic carbocycles. The topological polar surface area (TPSA) is 94.3 Å². The molecule has 0 unspecified atom stereocenters. The molecule has 3 aromatic heterocycles. The van der Waals surface area contributed by atoms with E-state index in [4.69, 9.17) is 18.9 Å². The van der Waals surface area contributed by atoms with Gasteiger partial charge in [0.15, 0.2) is 0 Å². The molecule has 2 aliphatic rings. The summed E-state index contributed by atoms with van der Waals surface area (Å²) in [6.45, 7) is 0. The molecule has 8 bridgehead atoms. The number of nitrogens with one attached hydrogen (secondary N) is 2. The van der Waals surface area contributed by atoms with E-state index in [1.807, 2.05) is 140 Å². The molecule has 9 heteroatoms. The molecular weight excluding hydrogens is 760 g/mol. The Bertz CT molecular complexity index is 2170. The summed E-state index contributed by atoms with van der Waals surface area (Å²) >= 11 is 0. The van der Waals surface area contributed by atoms with Crippen molar-refractivity contribution >= 4 is 46.4 Å². The van der Waals surface area contributed by atoms with Gasteiger partial charge in [-0.05, 0) is 72.8 Å². The van der Waals surface area contributed by atoms with Crippen molar-refractivity contribution in [2.24, 2.45) is 0 Å². The summed E-state index contributed by atoms with van der Waals surface area (Å²) in [5.74, 6) is 3.14. The molecule has 57 heavy (non-hydrogen) atoms. The van der Waals surface area contributed by atoms with E-state index in [-0.39, 0.29) is 17.1 Å². The van der Waals surface area contributed by atoms with E-state index in [0.29, 0.717) is 0 Å². The van der Waals surface area contributed by atoms with Crippen LogP contribution in [0.15, 0.2) is 146 Å². The smallest absolute Gasteiger partial charge is 0.0743 e. The Kier molecular flexibility index (Phi) is 18.0. The Morgan fingerprint density at radius 1 is 0.368 bits per heavy atom. The van der Waals surface area contributed by atoms with Crippen LogP contribution < -0.4 is 18.9 Å². The van der Waals surface area contributed by atoms with Gasteiger partial charge in [0.25, 0.3) is 0 Å². The number of aromatic nitrogens is 4. The molecule has 0 spiro atoms. The summed E-state index contributed by atoms with van der Waals surface area (Å²) < 4.78 is 19.4. The van der Waals surface area contributed by atoms with Gasteiger partial charge in [0, 0.05) is 62.1 Å². The predicted molar refractivity (Wildman–Crippen MR) is 226 cm³/mol. The number of methoxy groups -OCH3 is 4. The molecule has 1 radical (unpaired) electrons. The molecule has 2 aliphatic heterocycles. The van der Waals surface area contributed by atoms with Gasteiger partial charge in [0.1, 0.15) is 0 Å². The number of rotatable bonds is 4. The number of fused-ring (bicyclic) bond motifs is 8. The van der Waals surface area contributed by atoms with Crippen molar-refractivity contribution in [3.63, 3.8) is 0 Å². The Hall–Kier alpha value is -6.80. The fourth-order valence-corrected chi connectivity index (χ4v) is 4.96. The number of hydrogen-bond acceptors (Lipinski definition) is 6. The van der Waals surface area contributed by atoms with E-state index in [0.717, 1.165) is 67.8 Å². The van der Waals surface area contributed by atoms with Gasteiger partial charge in [0.05, 0.1) is 51.2 Å². The van der Waals surface area contributed by atoms with E-state index < -0.39 is 0 Å². The van der Waals surface area contributed by atoms with Crippen molar-refractivity contribution in [3.05, 3.63) is 193 Å². The Morgan fingerprint density at radius 2 is 0.649 bits per heavy atom. The van der Waals surface area contributed by atoms with E-state index in [2.05, 4.69) is 74.5 Å². The second kappa shape index (κ2) is 23.9. The van der Waals surface area contributed by atoms with E-state index >= 15 is 0 Å². The van der Waals surface area contributed by atoms with Gasteiger partial charge in [-0.15, -0.1) is 48.5 Å². The third-order valence-corrected chi connectivity index (χ3v) is 7.64. The van der Waals surface area contributed by atoms with Crippen LogP contribution in [0.3, 0.4) is 0 Å². The second-order valence-corrected chi connectivity index (χ2v) is 11.6. The number of benzene rings is 4. The van der Waals surface area contributed by atoms with Gasteiger partial charge in [0.2, 0.25) is 0 Å². The van der Waals surface area contributed by atoms with Crippen LogP contribution in [0.25, 0.3) is 46.4 Å². The maximum Gasteiger partial charge on any atom is 0.0743 e. The quantitative estimate of drug-likeness (QED) is 0.136. The summed E-state index contributed by atoms with van der Waals surface area (Å²) in [6, 6.07) is 58.0. The average molecular weight is 802 g/mol. The predicted octanol–water partition coefficient (Wildman–Crippen LogP) is 10.6. The third-order valence-electron chi connectivity index (χ3n) is 7.64. The number of H-pyrrole nitrogens is 2. The van der Waals surface area contributed by atoms with Gasteiger partial charge in [-0.1, -0.05) is 0 Å². The maximum atomic E-state index is 4.86. The zero-order chi connectivity index (χ0) is 39.2. The summed E-state index contributed by atoms with van der Waals surface area (Å²) in [5.41, 5.74) is 7.86. The Labute approximate surface area is 345 Å². The Balaban J connectivity index is 0.000000180. The summed E-state index contributed by atoms with van der Waals surface area (Å²) in [7, 11) is 6.52. The van der Waals surface area contributed by atoms with Gasteiger partial charge in [-0.3, -0.25) is 0 Å². The number of aromatic amines is 2. The zero-order valence-corrected chi connectivity index (χ0v) is 32.9. The summed E-state index contributed by atoms with van der Waals surface area (Å²) in [4.78, 5) is 16.0. The fourth-order valence-electron chi connectivity index (χ4n) is 4.96.